The van der Waals surface area contributed by atoms with Crippen LogP contribution in [0, 0.1) is 11.8 Å². The second-order valence-corrected chi connectivity index (χ2v) is 6.06. The van der Waals surface area contributed by atoms with Gasteiger partial charge in [0.2, 0.25) is 0 Å². The van der Waals surface area contributed by atoms with Crippen LogP contribution in [0.2, 0.25) is 0 Å². The van der Waals surface area contributed by atoms with Gasteiger partial charge in [-0.2, -0.15) is 0 Å². The summed E-state index contributed by atoms with van der Waals surface area (Å²) in [4.78, 5) is 0. The Morgan fingerprint density at radius 2 is 2.11 bits per heavy atom. The van der Waals surface area contributed by atoms with Crippen molar-refractivity contribution in [2.45, 2.75) is 19.9 Å². The molecular weight excluding hydrogens is 294 g/mol. The molecule has 1 aliphatic heterocycles. The van der Waals surface area contributed by atoms with Gasteiger partial charge in [-0.25, -0.2) is 0 Å². The fraction of sp³-hybridized carbons (Fsp3) is 0.571. The summed E-state index contributed by atoms with van der Waals surface area (Å²) in [5.74, 6) is 3.48. The van der Waals surface area contributed by atoms with Crippen LogP contribution >= 0.6 is 15.9 Å². The molecule has 0 bridgehead atoms. The molecule has 1 N–H and O–H groups in total. The van der Waals surface area contributed by atoms with Crippen LogP contribution in [0.25, 0.3) is 0 Å². The molecule has 2 aliphatic rings. The quantitative estimate of drug-likeness (QED) is 0.927. The molecule has 0 aromatic heterocycles. The van der Waals surface area contributed by atoms with Gasteiger partial charge in [0.1, 0.15) is 13.2 Å². The molecule has 98 valence electrons. The highest BCUT2D eigenvalue weighted by Gasteiger charge is 2.31. The Hall–Kier alpha value is -0.740. The van der Waals surface area contributed by atoms with E-state index < -0.39 is 0 Å². The molecule has 1 aliphatic carbocycles. The van der Waals surface area contributed by atoms with Gasteiger partial charge in [-0.15, -0.1) is 0 Å². The predicted octanol–water partition coefficient (Wildman–Crippen LogP) is 2.97. The molecule has 1 aromatic rings. The highest BCUT2D eigenvalue weighted by Crippen LogP contribution is 2.39. The van der Waals surface area contributed by atoms with Gasteiger partial charge in [0, 0.05) is 6.54 Å². The van der Waals surface area contributed by atoms with E-state index in [0.717, 1.165) is 40.9 Å². The van der Waals surface area contributed by atoms with Gasteiger partial charge >= 0.3 is 0 Å². The lowest BCUT2D eigenvalue weighted by molar-refractivity contribution is 0.170. The molecule has 0 amide bonds. The smallest absolute Gasteiger partial charge is 0.175 e. The highest BCUT2D eigenvalue weighted by molar-refractivity contribution is 9.10. The molecule has 2 atom stereocenters. The molecule has 1 saturated carbocycles. The molecule has 2 unspecified atom stereocenters. The van der Waals surface area contributed by atoms with Crippen molar-refractivity contribution in [1.82, 2.24) is 5.32 Å². The Balaban J connectivity index is 1.63. The van der Waals surface area contributed by atoms with E-state index in [1.807, 2.05) is 0 Å². The molecule has 4 heteroatoms. The fourth-order valence-corrected chi connectivity index (χ4v) is 2.96. The zero-order valence-electron chi connectivity index (χ0n) is 10.5. The largest absolute Gasteiger partial charge is 0.486 e. The zero-order valence-corrected chi connectivity index (χ0v) is 12.1. The SMILES string of the molecule is CC1CC1CNCc1cc(Br)c2c(c1)OCCO2. The molecule has 3 rings (SSSR count). The zero-order chi connectivity index (χ0) is 12.5. The van der Waals surface area contributed by atoms with Gasteiger partial charge in [-0.05, 0) is 58.4 Å². The fourth-order valence-electron chi connectivity index (χ4n) is 2.35. The molecule has 18 heavy (non-hydrogen) atoms. The molecule has 1 fully saturated rings. The lowest BCUT2D eigenvalue weighted by atomic mass is 10.2. The van der Waals surface area contributed by atoms with Crippen molar-refractivity contribution < 1.29 is 9.47 Å². The van der Waals surface area contributed by atoms with E-state index in [2.05, 4.69) is 40.3 Å². The van der Waals surface area contributed by atoms with Crippen molar-refractivity contribution >= 4 is 15.9 Å². The van der Waals surface area contributed by atoms with Crippen LogP contribution in [-0.4, -0.2) is 19.8 Å². The monoisotopic (exact) mass is 311 g/mol. The van der Waals surface area contributed by atoms with Crippen LogP contribution in [-0.2, 0) is 6.54 Å². The predicted molar refractivity (Wildman–Crippen MR) is 74.1 cm³/mol. The molecule has 0 radical (unpaired) electrons. The molecule has 0 spiro atoms. The topological polar surface area (TPSA) is 30.5 Å². The van der Waals surface area contributed by atoms with E-state index in [1.54, 1.807) is 0 Å². The minimum atomic E-state index is 0.628. The molecule has 0 saturated heterocycles. The van der Waals surface area contributed by atoms with E-state index >= 15 is 0 Å². The number of hydrogen-bond donors (Lipinski definition) is 1. The third-order valence-corrected chi connectivity index (χ3v) is 4.26. The van der Waals surface area contributed by atoms with Crippen LogP contribution in [0.4, 0.5) is 0 Å². The number of rotatable bonds is 4. The summed E-state index contributed by atoms with van der Waals surface area (Å²) in [5.41, 5.74) is 1.24. The maximum atomic E-state index is 5.62. The van der Waals surface area contributed by atoms with Gasteiger partial charge in [-0.3, -0.25) is 0 Å². The summed E-state index contributed by atoms with van der Waals surface area (Å²) < 4.78 is 12.2. The summed E-state index contributed by atoms with van der Waals surface area (Å²) in [6.45, 7) is 5.58. The van der Waals surface area contributed by atoms with Crippen molar-refractivity contribution in [3.8, 4) is 11.5 Å². The Kier molecular flexibility index (Phi) is 3.48. The first kappa shape index (κ1) is 12.3. The minimum Gasteiger partial charge on any atom is -0.486 e. The summed E-state index contributed by atoms with van der Waals surface area (Å²) in [7, 11) is 0. The number of ether oxygens (including phenoxy) is 2. The lowest BCUT2D eigenvalue weighted by Gasteiger charge is -2.20. The third-order valence-electron chi connectivity index (χ3n) is 3.67. The van der Waals surface area contributed by atoms with Crippen LogP contribution in [0.3, 0.4) is 0 Å². The average Bonchev–Trinajstić information content (AvgIpc) is 3.05. The van der Waals surface area contributed by atoms with Crippen LogP contribution in [0.15, 0.2) is 16.6 Å². The van der Waals surface area contributed by atoms with Gasteiger partial charge < -0.3 is 14.8 Å². The Labute approximate surface area is 116 Å². The van der Waals surface area contributed by atoms with E-state index in [0.29, 0.717) is 13.2 Å². The summed E-state index contributed by atoms with van der Waals surface area (Å²) >= 11 is 3.54. The minimum absolute atomic E-state index is 0.628. The van der Waals surface area contributed by atoms with Gasteiger partial charge in [0.25, 0.3) is 0 Å². The summed E-state index contributed by atoms with van der Waals surface area (Å²) in [6.07, 6.45) is 1.37. The second kappa shape index (κ2) is 5.10. The number of nitrogens with one attached hydrogen (secondary N) is 1. The van der Waals surface area contributed by atoms with Crippen molar-refractivity contribution in [2.24, 2.45) is 11.8 Å². The van der Waals surface area contributed by atoms with E-state index in [-0.39, 0.29) is 0 Å². The highest BCUT2D eigenvalue weighted by atomic mass is 79.9. The first-order valence-electron chi connectivity index (χ1n) is 6.53. The van der Waals surface area contributed by atoms with E-state index in [1.165, 1.54) is 12.0 Å². The number of hydrogen-bond acceptors (Lipinski definition) is 3. The lowest BCUT2D eigenvalue weighted by Crippen LogP contribution is -2.18. The van der Waals surface area contributed by atoms with Crippen molar-refractivity contribution in [3.63, 3.8) is 0 Å². The summed E-state index contributed by atoms with van der Waals surface area (Å²) in [6, 6.07) is 4.18. The van der Waals surface area contributed by atoms with Crippen molar-refractivity contribution in [3.05, 3.63) is 22.2 Å². The van der Waals surface area contributed by atoms with E-state index in [9.17, 15) is 0 Å². The summed E-state index contributed by atoms with van der Waals surface area (Å²) in [5, 5.41) is 3.51. The molecular formula is C14H18BrNO2. The third kappa shape index (κ3) is 2.64. The van der Waals surface area contributed by atoms with Crippen LogP contribution in [0.1, 0.15) is 18.9 Å². The van der Waals surface area contributed by atoms with Crippen molar-refractivity contribution in [1.29, 1.82) is 0 Å². The molecule has 3 nitrogen and oxygen atoms in total. The maximum absolute atomic E-state index is 5.62. The molecule has 1 heterocycles. The van der Waals surface area contributed by atoms with Gasteiger partial charge in [0.15, 0.2) is 11.5 Å². The van der Waals surface area contributed by atoms with Crippen LogP contribution < -0.4 is 14.8 Å². The number of halogens is 1. The first-order chi connectivity index (χ1) is 8.74. The normalized spacial score (nSPS) is 25.0. The number of benzene rings is 1. The van der Waals surface area contributed by atoms with Gasteiger partial charge in [-0.1, -0.05) is 6.92 Å². The van der Waals surface area contributed by atoms with Crippen LogP contribution in [0.5, 0.6) is 11.5 Å². The molecule has 1 aromatic carbocycles. The average molecular weight is 312 g/mol. The second-order valence-electron chi connectivity index (χ2n) is 5.21. The maximum Gasteiger partial charge on any atom is 0.175 e. The van der Waals surface area contributed by atoms with E-state index in [4.69, 9.17) is 9.47 Å². The van der Waals surface area contributed by atoms with Gasteiger partial charge in [0.05, 0.1) is 4.47 Å². The Bertz CT molecular complexity index is 450. The standard InChI is InChI=1S/C14H18BrNO2/c1-9-4-11(9)8-16-7-10-5-12(15)14-13(6-10)17-2-3-18-14/h5-6,9,11,16H,2-4,7-8H2,1H3. The Morgan fingerprint density at radius 3 is 2.89 bits per heavy atom. The number of fused-ring (bicyclic) bond motifs is 1. The Morgan fingerprint density at radius 1 is 1.33 bits per heavy atom. The van der Waals surface area contributed by atoms with Crippen molar-refractivity contribution in [2.75, 3.05) is 19.8 Å². The first-order valence-corrected chi connectivity index (χ1v) is 7.32.